The predicted molar refractivity (Wildman–Crippen MR) is 169 cm³/mol. The molecule has 0 amide bonds. The summed E-state index contributed by atoms with van der Waals surface area (Å²) in [6, 6.07) is 29.7. The van der Waals surface area contributed by atoms with Crippen LogP contribution in [0.2, 0.25) is 0 Å². The molecule has 4 aromatic rings. The number of hydrogen-bond acceptors (Lipinski definition) is 5. The largest absolute Gasteiger partial charge is 0.384 e. The van der Waals surface area contributed by atoms with E-state index in [9.17, 15) is 10.1 Å². The zero-order chi connectivity index (χ0) is 28.7. The summed E-state index contributed by atoms with van der Waals surface area (Å²) in [5.74, 6) is 0.853. The van der Waals surface area contributed by atoms with Gasteiger partial charge in [-0.2, -0.15) is 5.26 Å². The zero-order valence-corrected chi connectivity index (χ0v) is 24.5. The van der Waals surface area contributed by atoms with Crippen molar-refractivity contribution in [3.05, 3.63) is 129 Å². The first-order chi connectivity index (χ1) is 19.9. The van der Waals surface area contributed by atoms with Gasteiger partial charge in [-0.15, -0.1) is 11.8 Å². The molecule has 0 radical (unpaired) electrons. The van der Waals surface area contributed by atoms with E-state index in [0.29, 0.717) is 17.8 Å². The fourth-order valence-electron chi connectivity index (χ4n) is 6.25. The van der Waals surface area contributed by atoms with E-state index >= 15 is 0 Å². The van der Waals surface area contributed by atoms with Gasteiger partial charge in [0.25, 0.3) is 0 Å². The second kappa shape index (κ2) is 11.0. The molecule has 204 valence electrons. The molecule has 1 unspecified atom stereocenters. The van der Waals surface area contributed by atoms with Gasteiger partial charge in [0.1, 0.15) is 5.82 Å². The Morgan fingerprint density at radius 2 is 1.71 bits per heavy atom. The number of ketones is 1. The summed E-state index contributed by atoms with van der Waals surface area (Å²) in [6.45, 7) is 6.31. The van der Waals surface area contributed by atoms with Crippen molar-refractivity contribution < 1.29 is 4.79 Å². The first-order valence-electron chi connectivity index (χ1n) is 14.1. The van der Waals surface area contributed by atoms with Gasteiger partial charge in [0.2, 0.25) is 0 Å². The molecular formula is C36H33N3OS. The quantitative estimate of drug-likeness (QED) is 0.251. The van der Waals surface area contributed by atoms with E-state index in [0.717, 1.165) is 57.5 Å². The molecule has 2 aliphatic rings. The Kier molecular flexibility index (Phi) is 7.19. The third-order valence-electron chi connectivity index (χ3n) is 8.37. The minimum atomic E-state index is -0.474. The number of nitrogens with two attached hydrogens (primary N) is 1. The molecule has 0 saturated heterocycles. The van der Waals surface area contributed by atoms with Crippen molar-refractivity contribution in [2.75, 3.05) is 4.90 Å². The number of allylic oxidation sites excluding steroid dienone is 3. The van der Waals surface area contributed by atoms with Crippen molar-refractivity contribution in [2.45, 2.75) is 56.6 Å². The number of nitriles is 1. The van der Waals surface area contributed by atoms with Gasteiger partial charge in [-0.05, 0) is 79.5 Å². The van der Waals surface area contributed by atoms with Gasteiger partial charge >= 0.3 is 0 Å². The average Bonchev–Trinajstić information content (AvgIpc) is 2.97. The Hall–Kier alpha value is -4.27. The molecule has 0 fully saturated rings. The van der Waals surface area contributed by atoms with Crippen LogP contribution in [0, 0.1) is 32.1 Å². The Morgan fingerprint density at radius 1 is 0.951 bits per heavy atom. The van der Waals surface area contributed by atoms with E-state index < -0.39 is 5.92 Å². The molecule has 0 saturated carbocycles. The van der Waals surface area contributed by atoms with Gasteiger partial charge in [0.15, 0.2) is 5.78 Å². The highest BCUT2D eigenvalue weighted by atomic mass is 32.2. The van der Waals surface area contributed by atoms with Crippen molar-refractivity contribution in [3.63, 3.8) is 0 Å². The first kappa shape index (κ1) is 26.9. The van der Waals surface area contributed by atoms with Crippen LogP contribution in [0.5, 0.6) is 0 Å². The summed E-state index contributed by atoms with van der Waals surface area (Å²) in [7, 11) is 0. The van der Waals surface area contributed by atoms with Crippen LogP contribution in [0.3, 0.4) is 0 Å². The number of hydrogen-bond donors (Lipinski definition) is 1. The number of aryl methyl sites for hydroxylation is 3. The van der Waals surface area contributed by atoms with Gasteiger partial charge in [-0.25, -0.2) is 0 Å². The highest BCUT2D eigenvalue weighted by Crippen LogP contribution is 2.48. The van der Waals surface area contributed by atoms with E-state index in [4.69, 9.17) is 5.73 Å². The lowest BCUT2D eigenvalue weighted by Crippen LogP contribution is -2.39. The van der Waals surface area contributed by atoms with Gasteiger partial charge in [-0.1, -0.05) is 66.2 Å². The van der Waals surface area contributed by atoms with E-state index in [1.54, 1.807) is 11.8 Å². The number of Topliss-reactive ketones (excluding diaryl/α,β-unsaturated/α-hetero) is 1. The van der Waals surface area contributed by atoms with Crippen LogP contribution in [-0.4, -0.2) is 5.78 Å². The monoisotopic (exact) mass is 555 g/mol. The normalized spacial score (nSPS) is 17.2. The number of nitrogens with zero attached hydrogens (tertiary/aromatic N) is 2. The highest BCUT2D eigenvalue weighted by molar-refractivity contribution is 7.98. The predicted octanol–water partition coefficient (Wildman–Crippen LogP) is 8.36. The molecule has 1 atom stereocenters. The smallest absolute Gasteiger partial charge is 0.161 e. The zero-order valence-electron chi connectivity index (χ0n) is 23.7. The Balaban J connectivity index is 1.49. The summed E-state index contributed by atoms with van der Waals surface area (Å²) < 4.78 is 0. The average molecular weight is 556 g/mol. The summed E-state index contributed by atoms with van der Waals surface area (Å²) in [4.78, 5) is 17.0. The van der Waals surface area contributed by atoms with Crippen molar-refractivity contribution in [1.29, 1.82) is 5.26 Å². The van der Waals surface area contributed by atoms with Crippen molar-refractivity contribution in [3.8, 4) is 6.07 Å². The van der Waals surface area contributed by atoms with Gasteiger partial charge in [0, 0.05) is 33.7 Å². The second-order valence-corrected chi connectivity index (χ2v) is 12.1. The lowest BCUT2D eigenvalue weighted by atomic mass is 9.74. The number of anilines is 1. The summed E-state index contributed by atoms with van der Waals surface area (Å²) in [5, 5.41) is 12.7. The Morgan fingerprint density at radius 3 is 2.49 bits per heavy atom. The van der Waals surface area contributed by atoms with Crippen LogP contribution in [0.1, 0.15) is 53.0 Å². The fourth-order valence-corrected chi connectivity index (χ4v) is 7.22. The molecule has 1 aliphatic heterocycles. The number of carbonyl (C=O) groups is 1. The SMILES string of the molecule is Cc1ccc(SCc2cc(C3C(C#N)=C(N)N(c4cccc5ccccc45)C4=C3C(=O)CCC4)c(C)cc2C)cc1. The standard InChI is InChI=1S/C36H33N3OS/c1-22-14-16-27(17-15-22)41-21-26-19-29(24(3)18-23(26)2)34-30(20-37)36(38)39(32-12-7-13-33(40)35(32)34)31-11-6-9-25-8-4-5-10-28(25)31/h4-6,8-11,14-19,34H,7,12-13,21,38H2,1-3H3. The van der Waals surface area contributed by atoms with Crippen molar-refractivity contribution in [1.82, 2.24) is 0 Å². The topological polar surface area (TPSA) is 70.1 Å². The molecule has 6 rings (SSSR count). The Bertz CT molecular complexity index is 1790. The van der Waals surface area contributed by atoms with Gasteiger partial charge in [0.05, 0.1) is 23.2 Å². The van der Waals surface area contributed by atoms with Crippen molar-refractivity contribution >= 4 is 34.0 Å². The fraction of sp³-hybridized carbons (Fsp3) is 0.222. The number of carbonyl (C=O) groups excluding carboxylic acids is 1. The first-order valence-corrected chi connectivity index (χ1v) is 15.1. The maximum absolute atomic E-state index is 13.8. The molecule has 1 heterocycles. The van der Waals surface area contributed by atoms with E-state index in [1.165, 1.54) is 21.6 Å². The van der Waals surface area contributed by atoms with Crippen LogP contribution >= 0.6 is 11.8 Å². The molecule has 4 aromatic carbocycles. The molecule has 2 N–H and O–H groups in total. The maximum Gasteiger partial charge on any atom is 0.161 e. The van der Waals surface area contributed by atoms with E-state index in [-0.39, 0.29) is 5.78 Å². The third kappa shape index (κ3) is 4.83. The second-order valence-electron chi connectivity index (χ2n) is 11.1. The number of benzene rings is 4. The minimum absolute atomic E-state index is 0.109. The Labute approximate surface area is 246 Å². The molecule has 4 nitrogen and oxygen atoms in total. The minimum Gasteiger partial charge on any atom is -0.384 e. The molecule has 41 heavy (non-hydrogen) atoms. The lowest BCUT2D eigenvalue weighted by Gasteiger charge is -2.40. The lowest BCUT2D eigenvalue weighted by molar-refractivity contribution is -0.116. The van der Waals surface area contributed by atoms with Crippen molar-refractivity contribution in [2.24, 2.45) is 5.73 Å². The van der Waals surface area contributed by atoms with E-state index in [2.05, 4.69) is 81.4 Å². The van der Waals surface area contributed by atoms with Gasteiger partial charge in [-0.3, -0.25) is 9.69 Å². The summed E-state index contributed by atoms with van der Waals surface area (Å²) >= 11 is 1.80. The number of fused-ring (bicyclic) bond motifs is 1. The molecule has 5 heteroatoms. The van der Waals surface area contributed by atoms with Crippen LogP contribution in [0.25, 0.3) is 10.8 Å². The summed E-state index contributed by atoms with van der Waals surface area (Å²) in [5.41, 5.74) is 15.6. The summed E-state index contributed by atoms with van der Waals surface area (Å²) in [6.07, 6.45) is 1.99. The highest BCUT2D eigenvalue weighted by Gasteiger charge is 2.41. The van der Waals surface area contributed by atoms with Crippen LogP contribution in [0.15, 0.2) is 106 Å². The number of rotatable bonds is 5. The molecule has 0 bridgehead atoms. The van der Waals surface area contributed by atoms with Crippen LogP contribution in [0.4, 0.5) is 5.69 Å². The van der Waals surface area contributed by atoms with Crippen LogP contribution in [-0.2, 0) is 10.5 Å². The maximum atomic E-state index is 13.8. The van der Waals surface area contributed by atoms with E-state index in [1.807, 2.05) is 29.2 Å². The van der Waals surface area contributed by atoms with Crippen LogP contribution < -0.4 is 10.6 Å². The molecule has 1 aliphatic carbocycles. The van der Waals surface area contributed by atoms with Gasteiger partial charge < -0.3 is 5.73 Å². The third-order valence-corrected chi connectivity index (χ3v) is 9.43. The number of thioether (sulfide) groups is 1. The molecule has 0 aromatic heterocycles. The molecule has 0 spiro atoms. The molecular weight excluding hydrogens is 522 g/mol.